The van der Waals surface area contributed by atoms with Crippen molar-refractivity contribution in [3.63, 3.8) is 0 Å². The second kappa shape index (κ2) is 7.17. The second-order valence-corrected chi connectivity index (χ2v) is 3.90. The lowest BCUT2D eigenvalue weighted by Crippen LogP contribution is -2.23. The van der Waals surface area contributed by atoms with Crippen molar-refractivity contribution >= 4 is 22.9 Å². The quantitative estimate of drug-likeness (QED) is 0.435. The van der Waals surface area contributed by atoms with Crippen LogP contribution in [0.3, 0.4) is 0 Å². The lowest BCUT2D eigenvalue weighted by atomic mass is 10.4. The molecule has 2 heterocycles. The number of aliphatic hydroxyl groups excluding tert-OH is 2. The zero-order valence-electron chi connectivity index (χ0n) is 11.1. The molecule has 0 atom stereocenters. The van der Waals surface area contributed by atoms with Crippen LogP contribution in [0.2, 0.25) is 0 Å². The summed E-state index contributed by atoms with van der Waals surface area (Å²) < 4.78 is 6.67. The Kier molecular flexibility index (Phi) is 5.03. The van der Waals surface area contributed by atoms with E-state index >= 15 is 0 Å². The zero-order chi connectivity index (χ0) is 15.9. The molecule has 0 amide bonds. The van der Waals surface area contributed by atoms with E-state index in [-0.39, 0.29) is 42.9 Å². The van der Waals surface area contributed by atoms with E-state index in [2.05, 4.69) is 35.0 Å². The maximum Gasteiger partial charge on any atom is 0.219 e. The van der Waals surface area contributed by atoms with Crippen LogP contribution in [0.4, 0.5) is 11.8 Å². The Morgan fingerprint density at radius 3 is 2.59 bits per heavy atom. The van der Waals surface area contributed by atoms with Crippen molar-refractivity contribution in [1.82, 2.24) is 19.5 Å². The van der Waals surface area contributed by atoms with Gasteiger partial charge in [-0.2, -0.15) is 0 Å². The summed E-state index contributed by atoms with van der Waals surface area (Å²) >= 11 is 0. The molecule has 2 rings (SSSR count). The number of imidazole rings is 1. The van der Waals surface area contributed by atoms with Crippen molar-refractivity contribution in [3.8, 4) is 0 Å². The van der Waals surface area contributed by atoms with Crippen LogP contribution < -0.4 is 0 Å². The predicted molar refractivity (Wildman–Crippen MR) is 72.0 cm³/mol. The Hall–Kier alpha value is -2.95. The smallest absolute Gasteiger partial charge is 0.219 e. The molecular formula is C9H10N10O3. The summed E-state index contributed by atoms with van der Waals surface area (Å²) in [5, 5.41) is 24.5. The monoisotopic (exact) mass is 306 g/mol. The third kappa shape index (κ3) is 3.20. The Labute approximate surface area is 122 Å². The molecule has 0 aliphatic rings. The largest absolute Gasteiger partial charge is 0.394 e. The molecule has 0 spiro atoms. The number of ether oxygens (including phenoxy) is 1. The third-order valence-corrected chi connectivity index (χ3v) is 2.56. The molecule has 0 fully saturated rings. The standard InChI is InChI=1S/C9H10N10O3/c10-17-15-7-6-8(14-9(13-7)16-18-11)19(3-12-6)4-22-5(1-20)2-21/h3,5,20-21H,1-2,4H2. The Bertz CT molecular complexity index is 756. The molecule has 13 nitrogen and oxygen atoms in total. The summed E-state index contributed by atoms with van der Waals surface area (Å²) in [6.07, 6.45) is 0.592. The second-order valence-electron chi connectivity index (χ2n) is 3.90. The van der Waals surface area contributed by atoms with Gasteiger partial charge in [-0.3, -0.25) is 4.57 Å². The van der Waals surface area contributed by atoms with Crippen LogP contribution in [0, 0.1) is 0 Å². The minimum Gasteiger partial charge on any atom is -0.394 e. The summed E-state index contributed by atoms with van der Waals surface area (Å²) in [5.74, 6) is -0.325. The maximum absolute atomic E-state index is 8.95. The van der Waals surface area contributed by atoms with E-state index in [1.54, 1.807) is 0 Å². The minimum atomic E-state index is -0.757. The van der Waals surface area contributed by atoms with Crippen LogP contribution in [-0.4, -0.2) is 49.0 Å². The van der Waals surface area contributed by atoms with Gasteiger partial charge in [0.25, 0.3) is 0 Å². The first kappa shape index (κ1) is 15.4. The molecule has 22 heavy (non-hydrogen) atoms. The first-order valence-corrected chi connectivity index (χ1v) is 5.89. The molecule has 2 aromatic heterocycles. The minimum absolute atomic E-state index is 0.0787. The maximum atomic E-state index is 8.95. The van der Waals surface area contributed by atoms with Gasteiger partial charge < -0.3 is 14.9 Å². The van der Waals surface area contributed by atoms with Gasteiger partial charge in [0, 0.05) is 9.82 Å². The van der Waals surface area contributed by atoms with E-state index < -0.39 is 6.10 Å². The summed E-state index contributed by atoms with van der Waals surface area (Å²) in [4.78, 5) is 16.9. The van der Waals surface area contributed by atoms with Gasteiger partial charge in [0.05, 0.1) is 19.5 Å². The fourth-order valence-corrected chi connectivity index (χ4v) is 1.56. The van der Waals surface area contributed by atoms with Gasteiger partial charge in [-0.05, 0) is 21.3 Å². The Morgan fingerprint density at radius 2 is 1.95 bits per heavy atom. The highest BCUT2D eigenvalue weighted by Gasteiger charge is 2.13. The van der Waals surface area contributed by atoms with Crippen molar-refractivity contribution in [2.75, 3.05) is 13.2 Å². The molecule has 0 unspecified atom stereocenters. The number of aliphatic hydroxyl groups is 2. The lowest BCUT2D eigenvalue weighted by molar-refractivity contribution is -0.0488. The van der Waals surface area contributed by atoms with Crippen LogP contribution in [0.15, 0.2) is 16.6 Å². The molecule has 0 aliphatic heterocycles. The Balaban J connectivity index is 2.44. The van der Waals surface area contributed by atoms with Crippen molar-refractivity contribution in [3.05, 3.63) is 27.2 Å². The summed E-state index contributed by atoms with van der Waals surface area (Å²) in [5.41, 5.74) is 17.4. The molecule has 2 aromatic rings. The fourth-order valence-electron chi connectivity index (χ4n) is 1.56. The van der Waals surface area contributed by atoms with E-state index in [0.29, 0.717) is 0 Å². The Morgan fingerprint density at radius 1 is 1.23 bits per heavy atom. The topological polar surface area (TPSA) is 191 Å². The predicted octanol–water partition coefficient (Wildman–Crippen LogP) is 1.04. The van der Waals surface area contributed by atoms with Gasteiger partial charge in [-0.15, -0.1) is 0 Å². The third-order valence-electron chi connectivity index (χ3n) is 2.56. The van der Waals surface area contributed by atoms with Crippen molar-refractivity contribution in [2.24, 2.45) is 10.2 Å². The van der Waals surface area contributed by atoms with Gasteiger partial charge in [-0.1, -0.05) is 0 Å². The number of azide groups is 2. The van der Waals surface area contributed by atoms with Gasteiger partial charge in [0.1, 0.15) is 18.4 Å². The fraction of sp³-hybridized carbons (Fsp3) is 0.444. The van der Waals surface area contributed by atoms with Crippen LogP contribution in [-0.2, 0) is 11.5 Å². The van der Waals surface area contributed by atoms with Gasteiger partial charge in [0.2, 0.25) is 5.95 Å². The highest BCUT2D eigenvalue weighted by atomic mass is 16.5. The lowest BCUT2D eigenvalue weighted by Gasteiger charge is -2.12. The molecular weight excluding hydrogens is 296 g/mol. The average molecular weight is 306 g/mol. The summed E-state index contributed by atoms with van der Waals surface area (Å²) in [6, 6.07) is 0. The van der Waals surface area contributed by atoms with E-state index in [1.807, 2.05) is 0 Å². The molecule has 13 heteroatoms. The first-order valence-electron chi connectivity index (χ1n) is 5.89. The van der Waals surface area contributed by atoms with Crippen molar-refractivity contribution in [1.29, 1.82) is 0 Å². The van der Waals surface area contributed by atoms with Crippen molar-refractivity contribution < 1.29 is 14.9 Å². The molecule has 2 N–H and O–H groups in total. The van der Waals surface area contributed by atoms with Gasteiger partial charge in [-0.25, -0.2) is 15.0 Å². The van der Waals surface area contributed by atoms with Crippen molar-refractivity contribution in [2.45, 2.75) is 12.8 Å². The summed E-state index contributed by atoms with van der Waals surface area (Å²) in [7, 11) is 0. The number of hydrogen-bond acceptors (Lipinski definition) is 8. The first-order chi connectivity index (χ1) is 10.7. The number of fused-ring (bicyclic) bond motifs is 1. The molecule has 0 radical (unpaired) electrons. The van der Waals surface area contributed by atoms with Crippen LogP contribution in [0.1, 0.15) is 0 Å². The van der Waals surface area contributed by atoms with Crippen LogP contribution in [0.25, 0.3) is 32.0 Å². The summed E-state index contributed by atoms with van der Waals surface area (Å²) in [6.45, 7) is -0.789. The number of nitrogens with zero attached hydrogens (tertiary/aromatic N) is 10. The molecule has 0 aromatic carbocycles. The molecule has 0 bridgehead atoms. The highest BCUT2D eigenvalue weighted by Crippen LogP contribution is 2.24. The number of hydrogen-bond donors (Lipinski definition) is 2. The normalized spacial score (nSPS) is 10.5. The van der Waals surface area contributed by atoms with Crippen LogP contribution in [0.5, 0.6) is 0 Å². The van der Waals surface area contributed by atoms with E-state index in [4.69, 9.17) is 26.0 Å². The van der Waals surface area contributed by atoms with E-state index in [1.165, 1.54) is 10.9 Å². The molecule has 114 valence electrons. The van der Waals surface area contributed by atoms with Gasteiger partial charge >= 0.3 is 0 Å². The molecule has 0 saturated carbocycles. The van der Waals surface area contributed by atoms with Gasteiger partial charge in [0.15, 0.2) is 11.5 Å². The molecule has 0 aliphatic carbocycles. The van der Waals surface area contributed by atoms with Crippen LogP contribution >= 0.6 is 0 Å². The number of aromatic nitrogens is 4. The average Bonchev–Trinajstić information content (AvgIpc) is 2.92. The van der Waals surface area contributed by atoms with E-state index in [9.17, 15) is 0 Å². The zero-order valence-corrected chi connectivity index (χ0v) is 11.1. The van der Waals surface area contributed by atoms with E-state index in [0.717, 1.165) is 0 Å². The molecule has 0 saturated heterocycles. The highest BCUT2D eigenvalue weighted by molar-refractivity contribution is 5.82. The SMILES string of the molecule is [N-]=[N+]=Nc1nc(N=[N+]=[N-])c2ncn(COC(CO)CO)c2n1. The number of rotatable bonds is 7.